The topological polar surface area (TPSA) is 63.4 Å². The highest BCUT2D eigenvalue weighted by atomic mass is 35.5. The van der Waals surface area contributed by atoms with Crippen LogP contribution in [0, 0.1) is 5.92 Å². The lowest BCUT2D eigenvalue weighted by Crippen LogP contribution is -2.49. The first-order chi connectivity index (χ1) is 9.91. The van der Waals surface area contributed by atoms with E-state index in [1.54, 1.807) is 12.1 Å². The summed E-state index contributed by atoms with van der Waals surface area (Å²) in [6.45, 7) is 2.91. The Morgan fingerprint density at radius 2 is 2.10 bits per heavy atom. The van der Waals surface area contributed by atoms with E-state index in [1.807, 2.05) is 0 Å². The lowest BCUT2D eigenvalue weighted by molar-refractivity contribution is 0.197. The summed E-state index contributed by atoms with van der Waals surface area (Å²) in [5.74, 6) is 0.528. The number of piperidine rings is 1. The maximum Gasteiger partial charge on any atom is 0.244 e. The summed E-state index contributed by atoms with van der Waals surface area (Å²) in [5.41, 5.74) is 5.79. The van der Waals surface area contributed by atoms with Gasteiger partial charge in [-0.1, -0.05) is 42.6 Å². The number of nitrogens with zero attached hydrogens (tertiary/aromatic N) is 1. The molecule has 0 amide bonds. The largest absolute Gasteiger partial charge is 0.329 e. The first-order valence-electron chi connectivity index (χ1n) is 7.07. The third-order valence-electron chi connectivity index (χ3n) is 4.12. The third-order valence-corrected chi connectivity index (χ3v) is 7.05. The molecule has 7 heteroatoms. The maximum atomic E-state index is 12.9. The molecule has 0 radical (unpaired) electrons. The summed E-state index contributed by atoms with van der Waals surface area (Å²) in [7, 11) is -3.67. The molecular weight excluding hydrogens is 331 g/mol. The molecular formula is C14H20Cl2N2O2S. The molecule has 0 saturated carbocycles. The number of rotatable bonds is 4. The molecule has 1 aromatic rings. The van der Waals surface area contributed by atoms with Gasteiger partial charge in [0.05, 0.1) is 10.0 Å². The Balaban J connectivity index is 2.37. The fourth-order valence-corrected chi connectivity index (χ4v) is 5.22. The molecule has 1 saturated heterocycles. The van der Waals surface area contributed by atoms with Crippen LogP contribution in [0.3, 0.4) is 0 Å². The Hall–Kier alpha value is -0.330. The zero-order valence-electron chi connectivity index (χ0n) is 11.9. The molecule has 2 atom stereocenters. The van der Waals surface area contributed by atoms with E-state index in [0.29, 0.717) is 19.0 Å². The molecule has 0 spiro atoms. The van der Waals surface area contributed by atoms with Crippen molar-refractivity contribution in [1.82, 2.24) is 4.31 Å². The number of hydrogen-bond acceptors (Lipinski definition) is 3. The summed E-state index contributed by atoms with van der Waals surface area (Å²) in [4.78, 5) is 0.0602. The number of hydrogen-bond donors (Lipinski definition) is 1. The first-order valence-corrected chi connectivity index (χ1v) is 9.27. The molecule has 4 nitrogen and oxygen atoms in total. The molecule has 0 bridgehead atoms. The zero-order valence-corrected chi connectivity index (χ0v) is 14.3. The van der Waals surface area contributed by atoms with Gasteiger partial charge in [-0.25, -0.2) is 8.42 Å². The van der Waals surface area contributed by atoms with Gasteiger partial charge in [0.15, 0.2) is 0 Å². The maximum absolute atomic E-state index is 12.9. The quantitative estimate of drug-likeness (QED) is 0.907. The molecule has 2 rings (SSSR count). The third kappa shape index (κ3) is 3.37. The van der Waals surface area contributed by atoms with E-state index in [9.17, 15) is 8.42 Å². The van der Waals surface area contributed by atoms with Crippen molar-refractivity contribution in [3.63, 3.8) is 0 Å². The van der Waals surface area contributed by atoms with Crippen LogP contribution in [0.25, 0.3) is 0 Å². The van der Waals surface area contributed by atoms with Crippen LogP contribution < -0.4 is 5.73 Å². The predicted molar refractivity (Wildman–Crippen MR) is 86.2 cm³/mol. The van der Waals surface area contributed by atoms with E-state index in [1.165, 1.54) is 10.4 Å². The highest BCUT2D eigenvalue weighted by Crippen LogP contribution is 2.34. The van der Waals surface area contributed by atoms with Gasteiger partial charge in [-0.05, 0) is 30.9 Å². The molecule has 0 aliphatic carbocycles. The van der Waals surface area contributed by atoms with Gasteiger partial charge in [0.2, 0.25) is 10.0 Å². The van der Waals surface area contributed by atoms with Gasteiger partial charge in [0.25, 0.3) is 0 Å². The van der Waals surface area contributed by atoms with Crippen LogP contribution in [0.15, 0.2) is 23.1 Å². The van der Waals surface area contributed by atoms with Crippen LogP contribution in [-0.2, 0) is 10.0 Å². The molecule has 1 heterocycles. The van der Waals surface area contributed by atoms with Gasteiger partial charge in [-0.15, -0.1) is 0 Å². The Morgan fingerprint density at radius 1 is 1.38 bits per heavy atom. The number of benzene rings is 1. The Morgan fingerprint density at radius 3 is 2.71 bits per heavy atom. The zero-order chi connectivity index (χ0) is 15.6. The number of sulfonamides is 1. The smallest absolute Gasteiger partial charge is 0.244 e. The van der Waals surface area contributed by atoms with Gasteiger partial charge in [-0.2, -0.15) is 4.31 Å². The van der Waals surface area contributed by atoms with Crippen molar-refractivity contribution < 1.29 is 8.42 Å². The van der Waals surface area contributed by atoms with E-state index < -0.39 is 10.0 Å². The normalized spacial score (nSPS) is 24.2. The van der Waals surface area contributed by atoms with Gasteiger partial charge >= 0.3 is 0 Å². The SMILES string of the molecule is CCC1CCN(S(=O)(=O)c2cccc(Cl)c2Cl)C(CN)C1. The van der Waals surface area contributed by atoms with E-state index in [2.05, 4.69) is 6.92 Å². The first kappa shape index (κ1) is 17.0. The standard InChI is InChI=1S/C14H20Cl2N2O2S/c1-2-10-6-7-18(11(8-10)9-17)21(19,20)13-5-3-4-12(15)14(13)16/h3-5,10-11H,2,6-9,17H2,1H3. The minimum atomic E-state index is -3.67. The second-order valence-electron chi connectivity index (χ2n) is 5.36. The van der Waals surface area contributed by atoms with Crippen molar-refractivity contribution >= 4 is 33.2 Å². The average Bonchev–Trinajstić information content (AvgIpc) is 2.49. The number of halogens is 2. The Bertz CT molecular complexity index is 607. The lowest BCUT2D eigenvalue weighted by Gasteiger charge is -2.37. The van der Waals surface area contributed by atoms with Crippen LogP contribution in [0.5, 0.6) is 0 Å². The van der Waals surface area contributed by atoms with Crippen molar-refractivity contribution in [3.05, 3.63) is 28.2 Å². The van der Waals surface area contributed by atoms with Gasteiger partial charge < -0.3 is 5.73 Å². The fourth-order valence-electron chi connectivity index (χ4n) is 2.82. The van der Waals surface area contributed by atoms with Crippen molar-refractivity contribution in [2.24, 2.45) is 11.7 Å². The van der Waals surface area contributed by atoms with Crippen LogP contribution in [0.4, 0.5) is 0 Å². The molecule has 1 aliphatic heterocycles. The Kier molecular flexibility index (Phi) is 5.54. The molecule has 1 fully saturated rings. The predicted octanol–water partition coefficient (Wildman–Crippen LogP) is 3.13. The van der Waals surface area contributed by atoms with Crippen LogP contribution in [-0.4, -0.2) is 31.9 Å². The minimum absolute atomic E-state index is 0.0602. The van der Waals surface area contributed by atoms with Gasteiger partial charge in [-0.3, -0.25) is 0 Å². The molecule has 21 heavy (non-hydrogen) atoms. The van der Waals surface area contributed by atoms with Crippen molar-refractivity contribution in [3.8, 4) is 0 Å². The lowest BCUT2D eigenvalue weighted by atomic mass is 9.90. The van der Waals surface area contributed by atoms with E-state index in [4.69, 9.17) is 28.9 Å². The minimum Gasteiger partial charge on any atom is -0.329 e. The van der Waals surface area contributed by atoms with Crippen LogP contribution >= 0.6 is 23.2 Å². The second kappa shape index (κ2) is 6.84. The summed E-state index contributed by atoms with van der Waals surface area (Å²) < 4.78 is 27.2. The van der Waals surface area contributed by atoms with Crippen molar-refractivity contribution in [2.45, 2.75) is 37.1 Å². The molecule has 1 aromatic carbocycles. The molecule has 1 aliphatic rings. The van der Waals surface area contributed by atoms with E-state index >= 15 is 0 Å². The molecule has 2 N–H and O–H groups in total. The molecule has 118 valence electrons. The fraction of sp³-hybridized carbons (Fsp3) is 0.571. The molecule has 0 aromatic heterocycles. The van der Waals surface area contributed by atoms with Crippen molar-refractivity contribution in [1.29, 1.82) is 0 Å². The average molecular weight is 351 g/mol. The summed E-state index contributed by atoms with van der Waals surface area (Å²) in [6.07, 6.45) is 2.69. The highest BCUT2D eigenvalue weighted by molar-refractivity contribution is 7.89. The van der Waals surface area contributed by atoms with Gasteiger partial charge in [0.1, 0.15) is 4.90 Å². The summed E-state index contributed by atoms with van der Waals surface area (Å²) >= 11 is 12.0. The van der Waals surface area contributed by atoms with E-state index in [-0.39, 0.29) is 21.0 Å². The van der Waals surface area contributed by atoms with Crippen molar-refractivity contribution in [2.75, 3.05) is 13.1 Å². The number of nitrogens with two attached hydrogens (primary N) is 1. The van der Waals surface area contributed by atoms with Gasteiger partial charge in [0, 0.05) is 19.1 Å². The molecule has 2 unspecified atom stereocenters. The monoisotopic (exact) mass is 350 g/mol. The van der Waals surface area contributed by atoms with Crippen LogP contribution in [0.2, 0.25) is 10.0 Å². The summed E-state index contributed by atoms with van der Waals surface area (Å²) in [6, 6.07) is 4.48. The second-order valence-corrected chi connectivity index (χ2v) is 8.00. The highest BCUT2D eigenvalue weighted by Gasteiger charge is 2.36. The van der Waals surface area contributed by atoms with Crippen LogP contribution in [0.1, 0.15) is 26.2 Å². The van der Waals surface area contributed by atoms with E-state index in [0.717, 1.165) is 19.3 Å². The summed E-state index contributed by atoms with van der Waals surface area (Å²) in [5, 5.41) is 0.318. The Labute approximate surface area is 136 Å².